The predicted molar refractivity (Wildman–Crippen MR) is 100 cm³/mol. The molecule has 27 heavy (non-hydrogen) atoms. The molecule has 1 aliphatic heterocycles. The van der Waals surface area contributed by atoms with Crippen LogP contribution in [0, 0.1) is 0 Å². The summed E-state index contributed by atoms with van der Waals surface area (Å²) in [6.07, 6.45) is 1.66. The summed E-state index contributed by atoms with van der Waals surface area (Å²) < 4.78 is 0. The molecule has 1 N–H and O–H groups in total. The Balaban J connectivity index is 1.43. The Hall–Kier alpha value is -3.80. The fourth-order valence-electron chi connectivity index (χ4n) is 2.98. The van der Waals surface area contributed by atoms with Gasteiger partial charge in [0.1, 0.15) is 12.4 Å². The molecular formula is C21H15N3O3. The van der Waals surface area contributed by atoms with Crippen LogP contribution in [0.15, 0.2) is 72.9 Å². The number of nitrogens with zero attached hydrogens (tertiary/aromatic N) is 2. The number of benzene rings is 2. The maximum atomic E-state index is 12.3. The molecule has 0 unspecified atom stereocenters. The van der Waals surface area contributed by atoms with Crippen LogP contribution in [-0.2, 0) is 4.79 Å². The molecule has 1 aromatic heterocycles. The van der Waals surface area contributed by atoms with Gasteiger partial charge in [-0.1, -0.05) is 42.5 Å². The molecule has 4 rings (SSSR count). The highest BCUT2D eigenvalue weighted by Crippen LogP contribution is 2.22. The Morgan fingerprint density at radius 1 is 0.815 bits per heavy atom. The van der Waals surface area contributed by atoms with Crippen molar-refractivity contribution in [3.8, 4) is 11.1 Å². The summed E-state index contributed by atoms with van der Waals surface area (Å²) in [7, 11) is 0. The van der Waals surface area contributed by atoms with Gasteiger partial charge < -0.3 is 5.32 Å². The van der Waals surface area contributed by atoms with E-state index in [1.54, 1.807) is 36.5 Å². The number of amides is 3. The Morgan fingerprint density at radius 3 is 2.04 bits per heavy atom. The predicted octanol–water partition coefficient (Wildman–Crippen LogP) is 2.98. The highest BCUT2D eigenvalue weighted by molar-refractivity contribution is 6.22. The quantitative estimate of drug-likeness (QED) is 0.728. The SMILES string of the molecule is O=C(CN1C(=O)c2ccccc2C1=O)Nc1ccc(-c2ccccc2)cn1. The van der Waals surface area contributed by atoms with Crippen LogP contribution in [0.3, 0.4) is 0 Å². The van der Waals surface area contributed by atoms with Gasteiger partial charge in [0.25, 0.3) is 11.8 Å². The van der Waals surface area contributed by atoms with Crippen LogP contribution in [0.2, 0.25) is 0 Å². The summed E-state index contributed by atoms with van der Waals surface area (Å²) in [4.78, 5) is 42.1. The minimum atomic E-state index is -0.482. The first-order valence-corrected chi connectivity index (χ1v) is 8.40. The molecule has 0 atom stereocenters. The molecule has 0 fully saturated rings. The van der Waals surface area contributed by atoms with Crippen LogP contribution in [0.25, 0.3) is 11.1 Å². The smallest absolute Gasteiger partial charge is 0.262 e. The van der Waals surface area contributed by atoms with Crippen molar-refractivity contribution in [1.29, 1.82) is 0 Å². The molecule has 6 heteroatoms. The average Bonchev–Trinajstić information content (AvgIpc) is 2.94. The zero-order chi connectivity index (χ0) is 18.8. The second-order valence-electron chi connectivity index (χ2n) is 6.09. The number of hydrogen-bond donors (Lipinski definition) is 1. The van der Waals surface area contributed by atoms with Crippen LogP contribution in [0.5, 0.6) is 0 Å². The first kappa shape index (κ1) is 16.7. The van der Waals surface area contributed by atoms with Gasteiger partial charge in [0.2, 0.25) is 5.91 Å². The van der Waals surface area contributed by atoms with E-state index in [0.717, 1.165) is 16.0 Å². The van der Waals surface area contributed by atoms with Gasteiger partial charge in [0.15, 0.2) is 0 Å². The molecule has 2 heterocycles. The maximum Gasteiger partial charge on any atom is 0.262 e. The number of carbonyl (C=O) groups is 3. The van der Waals surface area contributed by atoms with Crippen LogP contribution in [0.4, 0.5) is 5.82 Å². The lowest BCUT2D eigenvalue weighted by Crippen LogP contribution is -2.37. The number of rotatable bonds is 4. The molecule has 3 amide bonds. The second kappa shape index (κ2) is 6.84. The standard InChI is InChI=1S/C21H15N3O3/c25-19(13-24-20(26)16-8-4-5-9-17(16)21(24)27)23-18-11-10-15(12-22-18)14-6-2-1-3-7-14/h1-12H,13H2,(H,22,23,25). The number of anilines is 1. The van der Waals surface area contributed by atoms with Crippen LogP contribution >= 0.6 is 0 Å². The Bertz CT molecular complexity index is 995. The van der Waals surface area contributed by atoms with Gasteiger partial charge in [-0.25, -0.2) is 4.98 Å². The third-order valence-corrected chi connectivity index (χ3v) is 4.32. The third kappa shape index (κ3) is 3.20. The van der Waals surface area contributed by atoms with Gasteiger partial charge in [0, 0.05) is 11.8 Å². The Morgan fingerprint density at radius 2 is 1.44 bits per heavy atom. The van der Waals surface area contributed by atoms with Gasteiger partial charge in [-0.3, -0.25) is 19.3 Å². The molecule has 0 radical (unpaired) electrons. The number of carbonyl (C=O) groups excluding carboxylic acids is 3. The first-order valence-electron chi connectivity index (χ1n) is 8.40. The minimum Gasteiger partial charge on any atom is -0.309 e. The molecular weight excluding hydrogens is 342 g/mol. The number of hydrogen-bond acceptors (Lipinski definition) is 4. The summed E-state index contributed by atoms with van der Waals surface area (Å²) in [5.74, 6) is -1.04. The van der Waals surface area contributed by atoms with Crippen molar-refractivity contribution in [3.05, 3.63) is 84.1 Å². The van der Waals surface area contributed by atoms with E-state index < -0.39 is 17.7 Å². The molecule has 0 aliphatic carbocycles. The van der Waals surface area contributed by atoms with E-state index in [9.17, 15) is 14.4 Å². The number of aromatic nitrogens is 1. The van der Waals surface area contributed by atoms with Gasteiger partial charge in [-0.2, -0.15) is 0 Å². The zero-order valence-electron chi connectivity index (χ0n) is 14.3. The average molecular weight is 357 g/mol. The van der Waals surface area contributed by atoms with Crippen molar-refractivity contribution in [2.75, 3.05) is 11.9 Å². The normalized spacial score (nSPS) is 12.8. The monoisotopic (exact) mass is 357 g/mol. The van der Waals surface area contributed by atoms with Crippen molar-refractivity contribution >= 4 is 23.5 Å². The number of imide groups is 1. The number of pyridine rings is 1. The molecule has 0 bridgehead atoms. The molecule has 1 aliphatic rings. The molecule has 2 aromatic carbocycles. The largest absolute Gasteiger partial charge is 0.309 e. The lowest BCUT2D eigenvalue weighted by Gasteiger charge is -2.13. The van der Waals surface area contributed by atoms with Crippen molar-refractivity contribution in [2.45, 2.75) is 0 Å². The topological polar surface area (TPSA) is 79.4 Å². The fourth-order valence-corrected chi connectivity index (χ4v) is 2.98. The molecule has 132 valence electrons. The highest BCUT2D eigenvalue weighted by Gasteiger charge is 2.36. The van der Waals surface area contributed by atoms with E-state index in [0.29, 0.717) is 16.9 Å². The minimum absolute atomic E-state index is 0.320. The third-order valence-electron chi connectivity index (χ3n) is 4.32. The molecule has 0 saturated carbocycles. The number of nitrogens with one attached hydrogen (secondary N) is 1. The highest BCUT2D eigenvalue weighted by atomic mass is 16.2. The van der Waals surface area contributed by atoms with Crippen molar-refractivity contribution in [1.82, 2.24) is 9.88 Å². The lowest BCUT2D eigenvalue weighted by molar-refractivity contribution is -0.116. The second-order valence-corrected chi connectivity index (χ2v) is 6.09. The van der Waals surface area contributed by atoms with Crippen LogP contribution < -0.4 is 5.32 Å². The van der Waals surface area contributed by atoms with E-state index in [-0.39, 0.29) is 6.54 Å². The van der Waals surface area contributed by atoms with E-state index in [1.165, 1.54) is 0 Å². The summed E-state index contributed by atoms with van der Waals surface area (Å²) >= 11 is 0. The first-order chi connectivity index (χ1) is 13.1. The molecule has 6 nitrogen and oxygen atoms in total. The molecule has 3 aromatic rings. The van der Waals surface area contributed by atoms with Crippen molar-refractivity contribution < 1.29 is 14.4 Å². The van der Waals surface area contributed by atoms with Gasteiger partial charge >= 0.3 is 0 Å². The summed E-state index contributed by atoms with van der Waals surface area (Å²) in [5.41, 5.74) is 2.59. The Kier molecular flexibility index (Phi) is 4.22. The fraction of sp³-hybridized carbons (Fsp3) is 0.0476. The Labute approximate surface area is 155 Å². The van der Waals surface area contributed by atoms with Gasteiger partial charge in [0.05, 0.1) is 11.1 Å². The molecule has 0 saturated heterocycles. The number of fused-ring (bicyclic) bond motifs is 1. The van der Waals surface area contributed by atoms with E-state index in [1.807, 2.05) is 36.4 Å². The van der Waals surface area contributed by atoms with Gasteiger partial charge in [-0.15, -0.1) is 0 Å². The van der Waals surface area contributed by atoms with Gasteiger partial charge in [-0.05, 0) is 29.8 Å². The maximum absolute atomic E-state index is 12.3. The van der Waals surface area contributed by atoms with Crippen molar-refractivity contribution in [2.24, 2.45) is 0 Å². The van der Waals surface area contributed by atoms with E-state index in [2.05, 4.69) is 10.3 Å². The summed E-state index contributed by atoms with van der Waals surface area (Å²) in [6, 6.07) is 19.8. The van der Waals surface area contributed by atoms with E-state index >= 15 is 0 Å². The zero-order valence-corrected chi connectivity index (χ0v) is 14.3. The van der Waals surface area contributed by atoms with Crippen molar-refractivity contribution in [3.63, 3.8) is 0 Å². The van der Waals surface area contributed by atoms with E-state index in [4.69, 9.17) is 0 Å². The summed E-state index contributed by atoms with van der Waals surface area (Å²) in [5, 5.41) is 2.62. The van der Waals surface area contributed by atoms with Crippen LogP contribution in [-0.4, -0.2) is 34.2 Å². The summed E-state index contributed by atoms with van der Waals surface area (Å²) in [6.45, 7) is -0.353. The van der Waals surface area contributed by atoms with Crippen LogP contribution in [0.1, 0.15) is 20.7 Å². The lowest BCUT2D eigenvalue weighted by atomic mass is 10.1. The molecule has 0 spiro atoms.